The Morgan fingerprint density at radius 2 is 2.00 bits per heavy atom. The van der Waals surface area contributed by atoms with E-state index >= 15 is 0 Å². The number of nitrogens with zero attached hydrogens (tertiary/aromatic N) is 2. The maximum Gasteiger partial charge on any atom is 0.251 e. The van der Waals surface area contributed by atoms with Crippen LogP contribution in [0.5, 0.6) is 0 Å². The molecule has 0 spiro atoms. The van der Waals surface area contributed by atoms with Gasteiger partial charge in [0.25, 0.3) is 5.91 Å². The number of carbonyl (C=O) groups excluding carboxylic acids is 1. The van der Waals surface area contributed by atoms with Gasteiger partial charge in [-0.1, -0.05) is 18.2 Å². The lowest BCUT2D eigenvalue weighted by molar-refractivity contribution is 0.0916. The summed E-state index contributed by atoms with van der Waals surface area (Å²) in [5.74, 6) is 0.386. The van der Waals surface area contributed by atoms with Crippen molar-refractivity contribution in [3.8, 4) is 0 Å². The van der Waals surface area contributed by atoms with Gasteiger partial charge in [0.2, 0.25) is 0 Å². The Hall–Kier alpha value is -3.71. The maximum absolute atomic E-state index is 12.4. The van der Waals surface area contributed by atoms with Crippen LogP contribution in [-0.2, 0) is 0 Å². The highest BCUT2D eigenvalue weighted by molar-refractivity contribution is 5.96. The van der Waals surface area contributed by atoms with E-state index in [4.69, 9.17) is 4.42 Å². The molecule has 0 saturated carbocycles. The second-order valence-corrected chi connectivity index (χ2v) is 6.23. The lowest BCUT2D eigenvalue weighted by Crippen LogP contribution is -2.28. The molecule has 0 radical (unpaired) electrons. The number of aliphatic hydroxyl groups is 1. The number of rotatable bonds is 6. The van der Waals surface area contributed by atoms with Crippen LogP contribution in [0.1, 0.15) is 22.0 Å². The molecule has 3 N–H and O–H groups in total. The predicted octanol–water partition coefficient (Wildman–Crippen LogP) is 3.43. The van der Waals surface area contributed by atoms with Crippen molar-refractivity contribution in [1.29, 1.82) is 0 Å². The molecule has 0 bridgehead atoms. The predicted molar refractivity (Wildman–Crippen MR) is 105 cm³/mol. The molecule has 1 amide bonds. The van der Waals surface area contributed by atoms with Gasteiger partial charge >= 0.3 is 0 Å². The Kier molecular flexibility index (Phi) is 4.99. The van der Waals surface area contributed by atoms with Crippen LogP contribution in [0, 0.1) is 0 Å². The second kappa shape index (κ2) is 7.89. The number of fused-ring (bicyclic) bond motifs is 1. The average molecular weight is 374 g/mol. The summed E-state index contributed by atoms with van der Waals surface area (Å²) >= 11 is 0. The van der Waals surface area contributed by atoms with Gasteiger partial charge in [0.05, 0.1) is 24.1 Å². The van der Waals surface area contributed by atoms with Crippen LogP contribution in [0.25, 0.3) is 10.9 Å². The molecule has 0 fully saturated rings. The normalized spacial score (nSPS) is 11.9. The number of para-hydroxylation sites is 1. The average Bonchev–Trinajstić information content (AvgIpc) is 3.27. The van der Waals surface area contributed by atoms with Crippen molar-refractivity contribution in [3.05, 3.63) is 84.6 Å². The molecule has 2 aromatic carbocycles. The minimum Gasteiger partial charge on any atom is -0.472 e. The number of aliphatic hydroxyl groups excluding tert-OH is 1. The molecule has 1 unspecified atom stereocenters. The van der Waals surface area contributed by atoms with Crippen LogP contribution >= 0.6 is 0 Å². The van der Waals surface area contributed by atoms with Crippen LogP contribution in [0.3, 0.4) is 0 Å². The summed E-state index contributed by atoms with van der Waals surface area (Å²) in [6.45, 7) is 0.0899. The molecule has 0 aliphatic rings. The summed E-state index contributed by atoms with van der Waals surface area (Å²) in [6.07, 6.45) is 3.61. The van der Waals surface area contributed by atoms with Crippen molar-refractivity contribution in [2.24, 2.45) is 0 Å². The van der Waals surface area contributed by atoms with Crippen molar-refractivity contribution in [2.45, 2.75) is 6.10 Å². The van der Waals surface area contributed by atoms with Crippen molar-refractivity contribution in [2.75, 3.05) is 11.9 Å². The highest BCUT2D eigenvalue weighted by atomic mass is 16.3. The van der Waals surface area contributed by atoms with Gasteiger partial charge in [0.15, 0.2) is 0 Å². The van der Waals surface area contributed by atoms with E-state index < -0.39 is 6.10 Å². The van der Waals surface area contributed by atoms with Crippen molar-refractivity contribution in [3.63, 3.8) is 0 Å². The highest BCUT2D eigenvalue weighted by Crippen LogP contribution is 2.23. The molecule has 2 aromatic heterocycles. The van der Waals surface area contributed by atoms with Gasteiger partial charge in [-0.15, -0.1) is 0 Å². The minimum atomic E-state index is -0.823. The molecule has 28 heavy (non-hydrogen) atoms. The molecule has 0 aliphatic carbocycles. The summed E-state index contributed by atoms with van der Waals surface area (Å²) < 4.78 is 4.94. The van der Waals surface area contributed by atoms with Crippen LogP contribution in [0.15, 0.2) is 77.9 Å². The number of amides is 1. The Morgan fingerprint density at radius 3 is 2.86 bits per heavy atom. The van der Waals surface area contributed by atoms with E-state index in [1.54, 1.807) is 24.3 Å². The first kappa shape index (κ1) is 17.7. The van der Waals surface area contributed by atoms with Gasteiger partial charge < -0.3 is 20.2 Å². The third kappa shape index (κ3) is 3.84. The quantitative estimate of drug-likeness (QED) is 0.478. The SMILES string of the molecule is O=C(NCC(O)c1ccoc1)c1cccc(Nc2ncnc3ccccc23)c1. The lowest BCUT2D eigenvalue weighted by Gasteiger charge is -2.12. The van der Waals surface area contributed by atoms with E-state index in [2.05, 4.69) is 20.6 Å². The fourth-order valence-electron chi connectivity index (χ4n) is 2.85. The molecule has 0 aliphatic heterocycles. The molecule has 4 aromatic rings. The number of anilines is 2. The fourth-order valence-corrected chi connectivity index (χ4v) is 2.85. The highest BCUT2D eigenvalue weighted by Gasteiger charge is 2.12. The first-order valence-electron chi connectivity index (χ1n) is 8.76. The van der Waals surface area contributed by atoms with Crippen LogP contribution in [0.4, 0.5) is 11.5 Å². The number of furan rings is 1. The Balaban J connectivity index is 1.47. The van der Waals surface area contributed by atoms with E-state index in [1.807, 2.05) is 30.3 Å². The van der Waals surface area contributed by atoms with E-state index in [-0.39, 0.29) is 12.5 Å². The summed E-state index contributed by atoms with van der Waals surface area (Å²) in [7, 11) is 0. The van der Waals surface area contributed by atoms with Crippen molar-refractivity contribution < 1.29 is 14.3 Å². The number of hydrogen-bond donors (Lipinski definition) is 3. The molecule has 1 atom stereocenters. The largest absolute Gasteiger partial charge is 0.472 e. The molecule has 7 nitrogen and oxygen atoms in total. The summed E-state index contributed by atoms with van der Waals surface area (Å²) in [5.41, 5.74) is 2.66. The first-order chi connectivity index (χ1) is 13.7. The maximum atomic E-state index is 12.4. The smallest absolute Gasteiger partial charge is 0.251 e. The van der Waals surface area contributed by atoms with Gasteiger partial charge in [-0.3, -0.25) is 4.79 Å². The topological polar surface area (TPSA) is 100 Å². The van der Waals surface area contributed by atoms with Gasteiger partial charge in [0, 0.05) is 28.7 Å². The van der Waals surface area contributed by atoms with Crippen LogP contribution in [-0.4, -0.2) is 27.5 Å². The molecular formula is C21H18N4O3. The number of benzene rings is 2. The zero-order chi connectivity index (χ0) is 19.3. The van der Waals surface area contributed by atoms with Gasteiger partial charge in [0.1, 0.15) is 12.1 Å². The number of aromatic nitrogens is 2. The monoisotopic (exact) mass is 374 g/mol. The first-order valence-corrected chi connectivity index (χ1v) is 8.76. The molecular weight excluding hydrogens is 356 g/mol. The fraction of sp³-hybridized carbons (Fsp3) is 0.0952. The van der Waals surface area contributed by atoms with E-state index in [0.717, 1.165) is 16.6 Å². The molecule has 0 saturated heterocycles. The minimum absolute atomic E-state index is 0.0899. The Morgan fingerprint density at radius 1 is 1.11 bits per heavy atom. The summed E-state index contributed by atoms with van der Waals surface area (Å²) in [5, 5.41) is 16.9. The zero-order valence-corrected chi connectivity index (χ0v) is 14.9. The van der Waals surface area contributed by atoms with Gasteiger partial charge in [-0.25, -0.2) is 9.97 Å². The molecule has 7 heteroatoms. The summed E-state index contributed by atoms with van der Waals surface area (Å²) in [6, 6.07) is 16.4. The van der Waals surface area contributed by atoms with Crippen LogP contribution < -0.4 is 10.6 Å². The summed E-state index contributed by atoms with van der Waals surface area (Å²) in [4.78, 5) is 21.0. The number of carbonyl (C=O) groups is 1. The van der Waals surface area contributed by atoms with Crippen LogP contribution in [0.2, 0.25) is 0 Å². The van der Waals surface area contributed by atoms with E-state index in [9.17, 15) is 9.90 Å². The number of hydrogen-bond acceptors (Lipinski definition) is 6. The van der Waals surface area contributed by atoms with Crippen molar-refractivity contribution >= 4 is 28.3 Å². The van der Waals surface area contributed by atoms with E-state index in [0.29, 0.717) is 16.9 Å². The standard InChI is InChI=1S/C21H18N4O3/c26-19(15-8-9-28-12-15)11-22-21(27)14-4-3-5-16(10-14)25-20-17-6-1-2-7-18(17)23-13-24-20/h1-10,12-13,19,26H,11H2,(H,22,27)(H,23,24,25). The third-order valence-corrected chi connectivity index (χ3v) is 4.31. The molecule has 4 rings (SSSR count). The lowest BCUT2D eigenvalue weighted by atomic mass is 10.1. The molecule has 2 heterocycles. The zero-order valence-electron chi connectivity index (χ0n) is 14.9. The van der Waals surface area contributed by atoms with Gasteiger partial charge in [-0.05, 0) is 36.4 Å². The van der Waals surface area contributed by atoms with Crippen molar-refractivity contribution in [1.82, 2.24) is 15.3 Å². The number of nitrogens with one attached hydrogen (secondary N) is 2. The Labute approximate surface area is 161 Å². The Bertz CT molecular complexity index is 1090. The van der Waals surface area contributed by atoms with Gasteiger partial charge in [-0.2, -0.15) is 0 Å². The van der Waals surface area contributed by atoms with E-state index in [1.165, 1.54) is 18.9 Å². The molecule has 140 valence electrons. The second-order valence-electron chi connectivity index (χ2n) is 6.23. The third-order valence-electron chi connectivity index (χ3n) is 4.31.